The number of benzene rings is 11. The van der Waals surface area contributed by atoms with Crippen molar-refractivity contribution in [3.8, 4) is 39.3 Å². The van der Waals surface area contributed by atoms with Crippen molar-refractivity contribution in [2.24, 2.45) is 0 Å². The Kier molecular flexibility index (Phi) is 7.34. The SMILES string of the molecule is c1ccc(-n2c(-c3c4ccccc4c(-c4ccc(-c5cc6cccc7c8ccccc8c8ccccc8c8cccc5c8c67)cc4)c4ccccc34)nc3ccccc32)cc1. The van der Waals surface area contributed by atoms with Gasteiger partial charge in [0.05, 0.1) is 11.0 Å². The third kappa shape index (κ3) is 5.00. The van der Waals surface area contributed by atoms with Crippen LogP contribution in [0.4, 0.5) is 0 Å². The van der Waals surface area contributed by atoms with Gasteiger partial charge >= 0.3 is 0 Å². The van der Waals surface area contributed by atoms with Gasteiger partial charge in [-0.1, -0.05) is 188 Å². The molecule has 282 valence electrons. The predicted molar refractivity (Wildman–Crippen MR) is 260 cm³/mol. The third-order valence-corrected chi connectivity index (χ3v) is 12.9. The molecule has 0 amide bonds. The summed E-state index contributed by atoms with van der Waals surface area (Å²) in [5.41, 5.74) is 9.16. The number of hydrogen-bond donors (Lipinski definition) is 0. The molecular weight excluding hydrogens is 737 g/mol. The molecule has 1 aromatic heterocycles. The molecule has 0 N–H and O–H groups in total. The Bertz CT molecular complexity index is 3860. The van der Waals surface area contributed by atoms with Crippen LogP contribution in [0.25, 0.3) is 126 Å². The van der Waals surface area contributed by atoms with Crippen LogP contribution in [0.15, 0.2) is 218 Å². The van der Waals surface area contributed by atoms with Gasteiger partial charge in [0, 0.05) is 11.3 Å². The average molecular weight is 773 g/mol. The molecule has 13 rings (SSSR count). The maximum atomic E-state index is 5.37. The molecule has 0 aliphatic carbocycles. The summed E-state index contributed by atoms with van der Waals surface area (Å²) in [5.74, 6) is 0.943. The van der Waals surface area contributed by atoms with Crippen molar-refractivity contribution >= 4 is 86.4 Å². The lowest BCUT2D eigenvalue weighted by molar-refractivity contribution is 1.11. The first-order valence-corrected chi connectivity index (χ1v) is 21.1. The van der Waals surface area contributed by atoms with Gasteiger partial charge in [-0.05, 0) is 128 Å². The molecule has 0 unspecified atom stereocenters. The van der Waals surface area contributed by atoms with Gasteiger partial charge in [-0.3, -0.25) is 4.57 Å². The second-order valence-corrected chi connectivity index (χ2v) is 16.2. The maximum Gasteiger partial charge on any atom is 0.146 e. The Labute approximate surface area is 352 Å². The molecule has 0 saturated carbocycles. The molecule has 0 bridgehead atoms. The monoisotopic (exact) mass is 772 g/mol. The minimum absolute atomic E-state index is 0.943. The normalized spacial score (nSPS) is 11.9. The molecule has 0 aliphatic rings. The van der Waals surface area contributed by atoms with Gasteiger partial charge in [0.25, 0.3) is 0 Å². The molecule has 0 saturated heterocycles. The summed E-state index contributed by atoms with van der Waals surface area (Å²) in [6.07, 6.45) is 0. The standard InChI is InChI=1S/C59H36N2/c1-2-17-40(18-3-1)61-54-31-13-12-30-53(54)60-59(61)58-49-25-10-8-23-47(49)55(48-24-9-11-26-50(48)58)38-34-32-37(33-35-38)52-36-39-16-14-27-45-43-21-6-4-19-41(43)42-20-5-7-22-44(42)46-28-15-29-51(52)57(46)56(39)45/h1-36H. The minimum Gasteiger partial charge on any atom is -0.292 e. The van der Waals surface area contributed by atoms with Crippen LogP contribution in [0, 0.1) is 0 Å². The molecular formula is C59H36N2. The fourth-order valence-corrected chi connectivity index (χ4v) is 10.4. The van der Waals surface area contributed by atoms with Gasteiger partial charge in [-0.15, -0.1) is 0 Å². The van der Waals surface area contributed by atoms with Crippen LogP contribution >= 0.6 is 0 Å². The molecule has 0 atom stereocenters. The Morgan fingerprint density at radius 2 is 0.770 bits per heavy atom. The van der Waals surface area contributed by atoms with Crippen molar-refractivity contribution in [2.75, 3.05) is 0 Å². The molecule has 1 heterocycles. The minimum atomic E-state index is 0.943. The van der Waals surface area contributed by atoms with Crippen molar-refractivity contribution in [2.45, 2.75) is 0 Å². The van der Waals surface area contributed by atoms with E-state index >= 15 is 0 Å². The summed E-state index contributed by atoms with van der Waals surface area (Å²) in [6, 6.07) is 80.0. The second kappa shape index (κ2) is 13.2. The zero-order chi connectivity index (χ0) is 40.0. The summed E-state index contributed by atoms with van der Waals surface area (Å²) in [5, 5.41) is 17.6. The average Bonchev–Trinajstić information content (AvgIpc) is 3.71. The number of fused-ring (bicyclic) bond motifs is 8. The molecule has 2 nitrogen and oxygen atoms in total. The lowest BCUT2D eigenvalue weighted by atomic mass is 9.86. The summed E-state index contributed by atoms with van der Waals surface area (Å²) in [6.45, 7) is 0. The molecule has 0 spiro atoms. The van der Waals surface area contributed by atoms with Gasteiger partial charge in [0.2, 0.25) is 0 Å². The molecule has 2 heteroatoms. The smallest absolute Gasteiger partial charge is 0.146 e. The first-order valence-electron chi connectivity index (χ1n) is 21.1. The van der Waals surface area contributed by atoms with E-state index in [1.54, 1.807) is 0 Å². The van der Waals surface area contributed by atoms with E-state index in [1.165, 1.54) is 97.7 Å². The fraction of sp³-hybridized carbons (Fsp3) is 0. The van der Waals surface area contributed by atoms with Crippen LogP contribution < -0.4 is 0 Å². The molecule has 0 aliphatic heterocycles. The van der Waals surface area contributed by atoms with E-state index < -0.39 is 0 Å². The van der Waals surface area contributed by atoms with E-state index in [2.05, 4.69) is 223 Å². The van der Waals surface area contributed by atoms with Crippen LogP contribution in [-0.2, 0) is 0 Å². The van der Waals surface area contributed by atoms with Crippen LogP contribution in [0.1, 0.15) is 0 Å². The summed E-state index contributed by atoms with van der Waals surface area (Å²) in [4.78, 5) is 5.37. The van der Waals surface area contributed by atoms with Crippen molar-refractivity contribution in [3.63, 3.8) is 0 Å². The molecule has 13 aromatic rings. The summed E-state index contributed by atoms with van der Waals surface area (Å²) >= 11 is 0. The van der Waals surface area contributed by atoms with Gasteiger partial charge in [0.15, 0.2) is 0 Å². The van der Waals surface area contributed by atoms with Crippen LogP contribution in [0.5, 0.6) is 0 Å². The second-order valence-electron chi connectivity index (χ2n) is 16.2. The lowest BCUT2D eigenvalue weighted by Crippen LogP contribution is -1.99. The highest BCUT2D eigenvalue weighted by atomic mass is 15.1. The van der Waals surface area contributed by atoms with Crippen LogP contribution in [-0.4, -0.2) is 9.55 Å². The number of aromatic nitrogens is 2. The Hall–Kier alpha value is -8.07. The summed E-state index contributed by atoms with van der Waals surface area (Å²) < 4.78 is 2.32. The molecule has 61 heavy (non-hydrogen) atoms. The van der Waals surface area contributed by atoms with Crippen molar-refractivity contribution in [3.05, 3.63) is 218 Å². The number of hydrogen-bond acceptors (Lipinski definition) is 1. The van der Waals surface area contributed by atoms with Gasteiger partial charge < -0.3 is 0 Å². The van der Waals surface area contributed by atoms with Crippen LogP contribution in [0.3, 0.4) is 0 Å². The van der Waals surface area contributed by atoms with E-state index in [-0.39, 0.29) is 0 Å². The van der Waals surface area contributed by atoms with E-state index in [9.17, 15) is 0 Å². The van der Waals surface area contributed by atoms with E-state index in [0.29, 0.717) is 0 Å². The van der Waals surface area contributed by atoms with Gasteiger partial charge in [0.1, 0.15) is 5.82 Å². The Morgan fingerprint density at radius 3 is 1.41 bits per heavy atom. The maximum absolute atomic E-state index is 5.37. The number of para-hydroxylation sites is 3. The first kappa shape index (κ1) is 33.9. The topological polar surface area (TPSA) is 17.8 Å². The summed E-state index contributed by atoms with van der Waals surface area (Å²) in [7, 11) is 0. The fourth-order valence-electron chi connectivity index (χ4n) is 10.4. The van der Waals surface area contributed by atoms with E-state index in [0.717, 1.165) is 28.1 Å². The highest BCUT2D eigenvalue weighted by molar-refractivity contribution is 6.34. The molecule has 12 aromatic carbocycles. The number of imidazole rings is 1. The zero-order valence-electron chi connectivity index (χ0n) is 33.2. The van der Waals surface area contributed by atoms with E-state index in [1.807, 2.05) is 0 Å². The van der Waals surface area contributed by atoms with E-state index in [4.69, 9.17) is 4.98 Å². The molecule has 0 radical (unpaired) electrons. The number of rotatable bonds is 4. The van der Waals surface area contributed by atoms with Crippen molar-refractivity contribution in [1.82, 2.24) is 9.55 Å². The molecule has 0 fully saturated rings. The highest BCUT2D eigenvalue weighted by Crippen LogP contribution is 2.47. The van der Waals surface area contributed by atoms with Gasteiger partial charge in [-0.25, -0.2) is 4.98 Å². The zero-order valence-corrected chi connectivity index (χ0v) is 33.2. The number of nitrogens with zero attached hydrogens (tertiary/aromatic N) is 2. The Morgan fingerprint density at radius 1 is 0.311 bits per heavy atom. The van der Waals surface area contributed by atoms with Crippen molar-refractivity contribution < 1.29 is 0 Å². The largest absolute Gasteiger partial charge is 0.292 e. The third-order valence-electron chi connectivity index (χ3n) is 12.9. The van der Waals surface area contributed by atoms with Gasteiger partial charge in [-0.2, -0.15) is 0 Å². The van der Waals surface area contributed by atoms with Crippen molar-refractivity contribution in [1.29, 1.82) is 0 Å². The quantitative estimate of drug-likeness (QED) is 0.129. The lowest BCUT2D eigenvalue weighted by Gasteiger charge is -2.19. The Balaban J connectivity index is 1.05. The van der Waals surface area contributed by atoms with Crippen LogP contribution in [0.2, 0.25) is 0 Å². The first-order chi connectivity index (χ1) is 30.3. The highest BCUT2D eigenvalue weighted by Gasteiger charge is 2.23. The predicted octanol–water partition coefficient (Wildman–Crippen LogP) is 16.1.